The van der Waals surface area contributed by atoms with Gasteiger partial charge in [0.15, 0.2) is 18.9 Å². The number of esters is 1. The van der Waals surface area contributed by atoms with Crippen LogP contribution in [0.5, 0.6) is 0 Å². The molecule has 6 fully saturated rings. The number of ether oxygens (including phenoxy) is 10. The number of hydrogen-bond acceptors (Lipinski definition) is 15. The van der Waals surface area contributed by atoms with E-state index in [1.165, 1.54) is 12.7 Å². The zero-order valence-corrected chi connectivity index (χ0v) is 38.7. The number of carbonyl (C=O) groups excluding carboxylic acids is 2. The fourth-order valence-corrected chi connectivity index (χ4v) is 12.8. The summed E-state index contributed by atoms with van der Waals surface area (Å²) in [7, 11) is 4.68. The molecule has 352 valence electrons. The number of methoxy groups -OCH3 is 3. The van der Waals surface area contributed by atoms with Gasteiger partial charge in [0, 0.05) is 51.1 Å². The molecule has 3 N–H and O–H groups in total. The van der Waals surface area contributed by atoms with Gasteiger partial charge in [-0.2, -0.15) is 0 Å². The zero-order valence-electron chi connectivity index (χ0n) is 38.7. The van der Waals surface area contributed by atoms with Crippen molar-refractivity contribution in [2.24, 2.45) is 28.6 Å². The Morgan fingerprint density at radius 2 is 1.40 bits per heavy atom. The molecule has 0 radical (unpaired) electrons. The minimum atomic E-state index is -1.22. The number of Topliss-reactive ketones (excluding diaryl/α,β-unsaturated/α-hetero) is 1. The minimum absolute atomic E-state index is 0.0391. The molecule has 3 saturated carbocycles. The lowest BCUT2D eigenvalue weighted by Crippen LogP contribution is -2.66. The molecule has 3 heterocycles. The number of carbonyl (C=O) groups is 2. The van der Waals surface area contributed by atoms with Crippen LogP contribution in [-0.2, 0) is 57.0 Å². The normalized spacial score (nSPS) is 49.6. The molecule has 7 aliphatic rings. The van der Waals surface area contributed by atoms with E-state index >= 15 is 0 Å². The molecule has 21 atom stereocenters. The second-order valence-electron chi connectivity index (χ2n) is 19.8. The summed E-state index contributed by atoms with van der Waals surface area (Å²) in [4.78, 5) is 26.4. The Hall–Kier alpha value is -1.86. The highest BCUT2D eigenvalue weighted by Crippen LogP contribution is 2.68. The number of rotatable bonds is 12. The van der Waals surface area contributed by atoms with Gasteiger partial charge in [-0.3, -0.25) is 4.79 Å². The van der Waals surface area contributed by atoms with E-state index in [2.05, 4.69) is 13.0 Å². The first-order valence-electron chi connectivity index (χ1n) is 23.0. The highest BCUT2D eigenvalue weighted by atomic mass is 16.8. The van der Waals surface area contributed by atoms with E-state index < -0.39 is 96.9 Å². The van der Waals surface area contributed by atoms with Gasteiger partial charge in [-0.1, -0.05) is 31.6 Å². The van der Waals surface area contributed by atoms with Crippen LogP contribution in [-0.4, -0.2) is 146 Å². The van der Waals surface area contributed by atoms with Crippen molar-refractivity contribution < 1.29 is 72.3 Å². The van der Waals surface area contributed by atoms with Gasteiger partial charge in [0.2, 0.25) is 0 Å². The molecule has 15 nitrogen and oxygen atoms in total. The number of aliphatic hydroxyl groups is 3. The number of allylic oxidation sites excluding steroid dienone is 2. The average Bonchev–Trinajstić information content (AvgIpc) is 3.53. The van der Waals surface area contributed by atoms with Crippen molar-refractivity contribution in [3.63, 3.8) is 0 Å². The molecule has 0 aromatic carbocycles. The number of aliphatic hydroxyl groups excluding tert-OH is 2. The summed E-state index contributed by atoms with van der Waals surface area (Å²) < 4.78 is 61.8. The van der Waals surface area contributed by atoms with Gasteiger partial charge in [0.25, 0.3) is 0 Å². The molecule has 1 unspecified atom stereocenters. The maximum atomic E-state index is 13.3. The summed E-state index contributed by atoms with van der Waals surface area (Å²) in [5.41, 5.74) is -0.439. The fourth-order valence-electron chi connectivity index (χ4n) is 12.8. The quantitative estimate of drug-likeness (QED) is 0.139. The maximum absolute atomic E-state index is 13.3. The van der Waals surface area contributed by atoms with Crippen molar-refractivity contribution in [2.45, 2.75) is 211 Å². The first-order valence-corrected chi connectivity index (χ1v) is 23.0. The van der Waals surface area contributed by atoms with Crippen molar-refractivity contribution in [1.82, 2.24) is 0 Å². The molecule has 0 aromatic heterocycles. The van der Waals surface area contributed by atoms with Crippen molar-refractivity contribution in [1.29, 1.82) is 0 Å². The van der Waals surface area contributed by atoms with E-state index in [0.29, 0.717) is 44.1 Å². The molecule has 4 aliphatic carbocycles. The first kappa shape index (κ1) is 48.1. The lowest BCUT2D eigenvalue weighted by Gasteiger charge is -2.63. The summed E-state index contributed by atoms with van der Waals surface area (Å²) in [6.07, 6.45) is 0.173. The molecular formula is C47H74O15. The van der Waals surface area contributed by atoms with E-state index in [0.717, 1.165) is 19.3 Å². The van der Waals surface area contributed by atoms with Crippen LogP contribution in [0.3, 0.4) is 0 Å². The molecule has 62 heavy (non-hydrogen) atoms. The largest absolute Gasteiger partial charge is 0.458 e. The van der Waals surface area contributed by atoms with Crippen LogP contribution in [0.2, 0.25) is 0 Å². The van der Waals surface area contributed by atoms with Gasteiger partial charge in [-0.15, -0.1) is 0 Å². The monoisotopic (exact) mass is 879 g/mol. The highest BCUT2D eigenvalue weighted by molar-refractivity contribution is 5.88. The smallest absolute Gasteiger partial charge is 0.333 e. The average molecular weight is 879 g/mol. The molecule has 0 spiro atoms. The molecule has 0 aromatic rings. The Morgan fingerprint density at radius 3 is 2.00 bits per heavy atom. The van der Waals surface area contributed by atoms with Crippen LogP contribution in [0.4, 0.5) is 0 Å². The van der Waals surface area contributed by atoms with Gasteiger partial charge in [0.05, 0.1) is 42.2 Å². The summed E-state index contributed by atoms with van der Waals surface area (Å²) >= 11 is 0. The number of ketones is 1. The van der Waals surface area contributed by atoms with Crippen molar-refractivity contribution in [3.8, 4) is 0 Å². The van der Waals surface area contributed by atoms with Gasteiger partial charge in [-0.05, 0) is 104 Å². The molecule has 0 amide bonds. The summed E-state index contributed by atoms with van der Waals surface area (Å²) in [6, 6.07) is 0. The third kappa shape index (κ3) is 8.42. The van der Waals surface area contributed by atoms with E-state index in [4.69, 9.17) is 47.4 Å². The second kappa shape index (κ2) is 18.8. The van der Waals surface area contributed by atoms with E-state index in [1.807, 2.05) is 27.7 Å². The fraction of sp³-hybridized carbons (Fsp3) is 0.872. The molecule has 15 heteroatoms. The van der Waals surface area contributed by atoms with Crippen LogP contribution in [0.15, 0.2) is 23.3 Å². The van der Waals surface area contributed by atoms with Crippen LogP contribution in [0.1, 0.15) is 113 Å². The van der Waals surface area contributed by atoms with Gasteiger partial charge in [0.1, 0.15) is 42.4 Å². The topological polar surface area (TPSA) is 187 Å². The summed E-state index contributed by atoms with van der Waals surface area (Å²) in [5, 5.41) is 34.1. The molecule has 3 saturated heterocycles. The van der Waals surface area contributed by atoms with Gasteiger partial charge >= 0.3 is 5.97 Å². The molecule has 0 bridgehead atoms. The van der Waals surface area contributed by atoms with E-state index in [1.54, 1.807) is 41.1 Å². The van der Waals surface area contributed by atoms with E-state index in [9.17, 15) is 24.9 Å². The predicted molar refractivity (Wildman–Crippen MR) is 223 cm³/mol. The van der Waals surface area contributed by atoms with Crippen LogP contribution < -0.4 is 0 Å². The van der Waals surface area contributed by atoms with Crippen LogP contribution in [0, 0.1) is 28.6 Å². The van der Waals surface area contributed by atoms with Crippen molar-refractivity contribution >= 4 is 11.8 Å². The standard InChI is InChI=1S/C47H74O15/c1-12-23(2)43(51)60-35-20-32-31(47(52)18-16-30(24(3)48)46(35,47)8)14-13-28-19-29(15-17-45(28,32)7)59-36-21-33(53-9)40(26(5)56-36)61-37-22-34(54-10)41(27(6)57-37)62-44-39(50)42(55-11)38(49)25(4)58-44/h12-13,25-27,29-42,44,49-50,52H,14-22H2,1-11H3/b23-12+/t25-,26-,27-,29+,30-,31-,32+,33+,34+,35-,36+,37?,38-,39-,40-,41-,42+,44+,45+,46+,47+/m1/s1. The second-order valence-corrected chi connectivity index (χ2v) is 19.8. The van der Waals surface area contributed by atoms with Crippen LogP contribution in [0.25, 0.3) is 0 Å². The zero-order chi connectivity index (χ0) is 45.1. The lowest BCUT2D eigenvalue weighted by atomic mass is 9.45. The lowest BCUT2D eigenvalue weighted by molar-refractivity contribution is -0.352. The number of fused-ring (bicyclic) bond motifs is 5. The Bertz CT molecular complexity index is 1670. The summed E-state index contributed by atoms with van der Waals surface area (Å²) in [5.74, 6) is -0.727. The number of hydrogen-bond donors (Lipinski definition) is 3. The first-order chi connectivity index (χ1) is 29.3. The Morgan fingerprint density at radius 1 is 0.774 bits per heavy atom. The van der Waals surface area contributed by atoms with Crippen molar-refractivity contribution in [2.75, 3.05) is 21.3 Å². The van der Waals surface area contributed by atoms with Gasteiger partial charge < -0.3 is 62.7 Å². The predicted octanol–water partition coefficient (Wildman–Crippen LogP) is 4.69. The van der Waals surface area contributed by atoms with Crippen molar-refractivity contribution in [3.05, 3.63) is 23.3 Å². The molecule has 7 rings (SSSR count). The Labute approximate surface area is 367 Å². The van der Waals surface area contributed by atoms with E-state index in [-0.39, 0.29) is 41.2 Å². The Kier molecular flexibility index (Phi) is 14.6. The Balaban J connectivity index is 0.980. The SMILES string of the molecule is C/C=C(\C)C(=O)O[C@@H]1C[C@H]2[C@@H](CC=C3C[C@@H](O[C@H]4C[C@H](OC)[C@H](OC5C[C@H](OC)[C@H](O[C@@H]6O[C@H](C)[C@@H](O)[C@H](OC)[C@H]6O)[C@@H](C)O5)[C@@H](C)O4)CC[C@@]32C)[C@@]2(O)CC[C@H](C(C)=O)[C@@]12C. The third-order valence-electron chi connectivity index (χ3n) is 16.6. The minimum Gasteiger partial charge on any atom is -0.458 e. The molecule has 3 aliphatic heterocycles. The van der Waals surface area contributed by atoms with Gasteiger partial charge in [-0.25, -0.2) is 4.79 Å². The third-order valence-corrected chi connectivity index (χ3v) is 16.6. The van der Waals surface area contributed by atoms with Crippen LogP contribution >= 0.6 is 0 Å². The highest BCUT2D eigenvalue weighted by Gasteiger charge is 2.71. The summed E-state index contributed by atoms with van der Waals surface area (Å²) in [6.45, 7) is 15.0. The molecular weight excluding hydrogens is 805 g/mol. The maximum Gasteiger partial charge on any atom is 0.333 e.